The van der Waals surface area contributed by atoms with Crippen LogP contribution in [0.4, 0.5) is 11.5 Å². The number of aromatic nitrogens is 2. The summed E-state index contributed by atoms with van der Waals surface area (Å²) in [6.07, 6.45) is 1.92. The van der Waals surface area contributed by atoms with Gasteiger partial charge in [-0.1, -0.05) is 17.8 Å². The zero-order valence-electron chi connectivity index (χ0n) is 13.6. The minimum absolute atomic E-state index is 0.0628. The summed E-state index contributed by atoms with van der Waals surface area (Å²) in [7, 11) is 0. The molecule has 1 aliphatic rings. The fraction of sp³-hybridized carbons (Fsp3) is 0.375. The quantitative estimate of drug-likeness (QED) is 0.364. The Morgan fingerprint density at radius 1 is 1.25 bits per heavy atom. The SMILES string of the molecule is CSc1nc(-c2cc([N+](=O)[O-])ccc2C)cc(N2CCOCC2)n1. The van der Waals surface area contributed by atoms with Gasteiger partial charge in [0.2, 0.25) is 0 Å². The maximum absolute atomic E-state index is 11.1. The van der Waals surface area contributed by atoms with E-state index in [1.54, 1.807) is 12.1 Å². The van der Waals surface area contributed by atoms with Crippen LogP contribution in [0, 0.1) is 17.0 Å². The van der Waals surface area contributed by atoms with Gasteiger partial charge in [0.1, 0.15) is 5.82 Å². The average Bonchev–Trinajstić information content (AvgIpc) is 2.62. The number of morpholine rings is 1. The van der Waals surface area contributed by atoms with E-state index in [1.165, 1.54) is 17.8 Å². The molecule has 1 aromatic heterocycles. The number of ether oxygens (including phenoxy) is 1. The number of thioether (sulfide) groups is 1. The summed E-state index contributed by atoms with van der Waals surface area (Å²) in [5.74, 6) is 0.832. The van der Waals surface area contributed by atoms with Gasteiger partial charge in [-0.2, -0.15) is 0 Å². The van der Waals surface area contributed by atoms with Crippen molar-refractivity contribution in [3.05, 3.63) is 39.9 Å². The number of nitro groups is 1. The Labute approximate surface area is 144 Å². The van der Waals surface area contributed by atoms with Crippen LogP contribution in [0.1, 0.15) is 5.56 Å². The predicted octanol–water partition coefficient (Wildman–Crippen LogP) is 2.92. The molecule has 7 nitrogen and oxygen atoms in total. The summed E-state index contributed by atoms with van der Waals surface area (Å²) in [5.41, 5.74) is 2.47. The highest BCUT2D eigenvalue weighted by molar-refractivity contribution is 7.98. The monoisotopic (exact) mass is 346 g/mol. The first-order chi connectivity index (χ1) is 11.6. The minimum Gasteiger partial charge on any atom is -0.378 e. The summed E-state index contributed by atoms with van der Waals surface area (Å²) >= 11 is 1.46. The Bertz CT molecular complexity index is 763. The molecule has 0 N–H and O–H groups in total. The molecule has 0 amide bonds. The number of hydrogen-bond donors (Lipinski definition) is 0. The first-order valence-electron chi connectivity index (χ1n) is 7.59. The number of non-ortho nitro benzene ring substituents is 1. The Hall–Kier alpha value is -2.19. The van der Waals surface area contributed by atoms with E-state index < -0.39 is 0 Å². The molecule has 2 heterocycles. The largest absolute Gasteiger partial charge is 0.378 e. The maximum Gasteiger partial charge on any atom is 0.270 e. The minimum atomic E-state index is -0.386. The molecule has 8 heteroatoms. The third-order valence-electron chi connectivity index (χ3n) is 3.92. The van der Waals surface area contributed by atoms with Crippen LogP contribution in [-0.2, 0) is 4.74 Å². The molecule has 2 aromatic rings. The van der Waals surface area contributed by atoms with Gasteiger partial charge in [0.25, 0.3) is 5.69 Å². The second-order valence-corrected chi connectivity index (χ2v) is 6.23. The molecular weight excluding hydrogens is 328 g/mol. The first kappa shape index (κ1) is 16.7. The Balaban J connectivity index is 2.07. The first-order valence-corrected chi connectivity index (χ1v) is 8.82. The normalized spacial score (nSPS) is 14.7. The lowest BCUT2D eigenvalue weighted by atomic mass is 10.0. The van der Waals surface area contributed by atoms with E-state index in [-0.39, 0.29) is 10.6 Å². The number of anilines is 1. The molecule has 0 spiro atoms. The maximum atomic E-state index is 11.1. The van der Waals surface area contributed by atoms with E-state index >= 15 is 0 Å². The van der Waals surface area contributed by atoms with Gasteiger partial charge in [-0.25, -0.2) is 9.97 Å². The standard InChI is InChI=1S/C16H18N4O3S/c1-11-3-4-12(20(21)22)9-13(11)14-10-15(18-16(17-14)24-2)19-5-7-23-8-6-19/h3-4,9-10H,5-8H2,1-2H3. The fourth-order valence-electron chi connectivity index (χ4n) is 2.60. The van der Waals surface area contributed by atoms with Crippen molar-refractivity contribution in [2.45, 2.75) is 12.1 Å². The zero-order chi connectivity index (χ0) is 17.1. The summed E-state index contributed by atoms with van der Waals surface area (Å²) in [5, 5.41) is 11.7. The van der Waals surface area contributed by atoms with Crippen LogP contribution in [-0.4, -0.2) is 47.5 Å². The number of hydrogen-bond acceptors (Lipinski definition) is 7. The molecule has 1 aromatic carbocycles. The topological polar surface area (TPSA) is 81.4 Å². The number of nitro benzene ring substituents is 1. The van der Waals surface area contributed by atoms with Crippen molar-refractivity contribution in [3.8, 4) is 11.3 Å². The summed E-state index contributed by atoms with van der Waals surface area (Å²) < 4.78 is 5.39. The smallest absolute Gasteiger partial charge is 0.270 e. The van der Waals surface area contributed by atoms with Crippen LogP contribution < -0.4 is 4.90 Å². The highest BCUT2D eigenvalue weighted by atomic mass is 32.2. The van der Waals surface area contributed by atoms with Crippen LogP contribution >= 0.6 is 11.8 Å². The van der Waals surface area contributed by atoms with E-state index in [0.29, 0.717) is 24.1 Å². The van der Waals surface area contributed by atoms with Gasteiger partial charge in [-0.15, -0.1) is 0 Å². The third kappa shape index (κ3) is 3.49. The molecule has 0 bridgehead atoms. The molecule has 0 unspecified atom stereocenters. The van der Waals surface area contributed by atoms with Crippen molar-refractivity contribution in [2.24, 2.45) is 0 Å². The summed E-state index contributed by atoms with van der Waals surface area (Å²) in [6.45, 7) is 4.82. The van der Waals surface area contributed by atoms with E-state index in [9.17, 15) is 10.1 Å². The van der Waals surface area contributed by atoms with Crippen LogP contribution in [0.2, 0.25) is 0 Å². The molecule has 0 atom stereocenters. The predicted molar refractivity (Wildman–Crippen MR) is 93.7 cm³/mol. The Morgan fingerprint density at radius 3 is 2.67 bits per heavy atom. The van der Waals surface area contributed by atoms with Crippen molar-refractivity contribution in [1.82, 2.24) is 9.97 Å². The third-order valence-corrected chi connectivity index (χ3v) is 4.47. The van der Waals surface area contributed by atoms with Crippen molar-refractivity contribution in [1.29, 1.82) is 0 Å². The molecule has 0 radical (unpaired) electrons. The lowest BCUT2D eigenvalue weighted by Gasteiger charge is -2.28. The molecule has 3 rings (SSSR count). The Kier molecular flexibility index (Phi) is 4.96. The molecule has 24 heavy (non-hydrogen) atoms. The molecule has 1 aliphatic heterocycles. The van der Waals surface area contributed by atoms with Gasteiger partial charge in [-0.3, -0.25) is 10.1 Å². The van der Waals surface area contributed by atoms with Crippen molar-refractivity contribution >= 4 is 23.3 Å². The van der Waals surface area contributed by atoms with E-state index in [2.05, 4.69) is 14.9 Å². The van der Waals surface area contributed by atoms with Crippen molar-refractivity contribution in [3.63, 3.8) is 0 Å². The molecular formula is C16H18N4O3S. The Morgan fingerprint density at radius 2 is 2.00 bits per heavy atom. The van der Waals surface area contributed by atoms with Crippen LogP contribution in [0.25, 0.3) is 11.3 Å². The molecule has 1 fully saturated rings. The zero-order valence-corrected chi connectivity index (χ0v) is 14.4. The van der Waals surface area contributed by atoms with Gasteiger partial charge in [0.05, 0.1) is 23.8 Å². The number of benzene rings is 1. The molecule has 0 aliphatic carbocycles. The van der Waals surface area contributed by atoms with Gasteiger partial charge in [0, 0.05) is 36.9 Å². The fourth-order valence-corrected chi connectivity index (χ4v) is 2.97. The molecule has 126 valence electrons. The van der Waals surface area contributed by atoms with Crippen LogP contribution in [0.15, 0.2) is 29.4 Å². The number of aryl methyl sites for hydroxylation is 1. The summed E-state index contributed by atoms with van der Waals surface area (Å²) in [4.78, 5) is 22.0. The van der Waals surface area contributed by atoms with Gasteiger partial charge < -0.3 is 9.64 Å². The number of nitrogens with zero attached hydrogens (tertiary/aromatic N) is 4. The highest BCUT2D eigenvalue weighted by Crippen LogP contribution is 2.30. The molecule has 1 saturated heterocycles. The summed E-state index contributed by atoms with van der Waals surface area (Å²) in [6, 6.07) is 6.74. The van der Waals surface area contributed by atoms with Gasteiger partial charge >= 0.3 is 0 Å². The number of rotatable bonds is 4. The van der Waals surface area contributed by atoms with Gasteiger partial charge in [0.15, 0.2) is 5.16 Å². The second kappa shape index (κ2) is 7.14. The van der Waals surface area contributed by atoms with Crippen LogP contribution in [0.5, 0.6) is 0 Å². The highest BCUT2D eigenvalue weighted by Gasteiger charge is 2.17. The molecule has 0 saturated carbocycles. The van der Waals surface area contributed by atoms with E-state index in [0.717, 1.165) is 30.0 Å². The van der Waals surface area contributed by atoms with Crippen molar-refractivity contribution in [2.75, 3.05) is 37.5 Å². The van der Waals surface area contributed by atoms with E-state index in [1.807, 2.05) is 19.2 Å². The lowest BCUT2D eigenvalue weighted by Crippen LogP contribution is -2.36. The lowest BCUT2D eigenvalue weighted by molar-refractivity contribution is -0.384. The average molecular weight is 346 g/mol. The van der Waals surface area contributed by atoms with Crippen molar-refractivity contribution < 1.29 is 9.66 Å². The van der Waals surface area contributed by atoms with E-state index in [4.69, 9.17) is 4.74 Å². The van der Waals surface area contributed by atoms with Crippen LogP contribution in [0.3, 0.4) is 0 Å². The van der Waals surface area contributed by atoms with Gasteiger partial charge in [-0.05, 0) is 18.7 Å². The second-order valence-electron chi connectivity index (χ2n) is 5.45.